The first-order valence-electron chi connectivity index (χ1n) is 8.28. The molecule has 0 bridgehead atoms. The number of carboxylic acid groups (broad SMARTS) is 1. The van der Waals surface area contributed by atoms with Crippen LogP contribution in [0.2, 0.25) is 0 Å². The molecule has 2 aromatic rings. The van der Waals surface area contributed by atoms with Crippen molar-refractivity contribution in [2.75, 3.05) is 18.2 Å². The van der Waals surface area contributed by atoms with Gasteiger partial charge in [0.1, 0.15) is 11.5 Å². The maximum atomic E-state index is 13.0. The van der Waals surface area contributed by atoms with E-state index in [-0.39, 0.29) is 35.7 Å². The van der Waals surface area contributed by atoms with E-state index in [2.05, 4.69) is 0 Å². The second kappa shape index (κ2) is 8.64. The number of anilines is 1. The van der Waals surface area contributed by atoms with Crippen LogP contribution in [0.4, 0.5) is 32.0 Å². The average molecular weight is 435 g/mol. The minimum absolute atomic E-state index is 0.102. The Balaban J connectivity index is 2.32. The first-order valence-corrected chi connectivity index (χ1v) is 8.28. The van der Waals surface area contributed by atoms with Crippen molar-refractivity contribution in [3.05, 3.63) is 59.2 Å². The number of hydrogen-bond acceptors (Lipinski definition) is 4. The summed E-state index contributed by atoms with van der Waals surface area (Å²) in [5.41, 5.74) is -3.63. The third kappa shape index (κ3) is 5.88. The molecule has 0 aliphatic heterocycles. The lowest BCUT2D eigenvalue weighted by Crippen LogP contribution is -2.32. The number of halogens is 6. The molecule has 0 fully saturated rings. The highest BCUT2D eigenvalue weighted by molar-refractivity contribution is 5.89. The van der Waals surface area contributed by atoms with Gasteiger partial charge in [-0.25, -0.2) is 4.79 Å². The van der Waals surface area contributed by atoms with Crippen LogP contribution in [0.1, 0.15) is 28.4 Å². The lowest BCUT2D eigenvalue weighted by Gasteiger charge is -2.24. The number of carboxylic acids is 1. The number of alkyl halides is 6. The summed E-state index contributed by atoms with van der Waals surface area (Å²) >= 11 is 0. The van der Waals surface area contributed by atoms with Crippen molar-refractivity contribution in [2.24, 2.45) is 0 Å². The second-order valence-corrected chi connectivity index (χ2v) is 6.23. The predicted octanol–water partition coefficient (Wildman–Crippen LogP) is 4.85. The topological polar surface area (TPSA) is 66.8 Å². The van der Waals surface area contributed by atoms with E-state index in [0.29, 0.717) is 0 Å². The Bertz CT molecular complexity index is 939. The molecule has 0 aliphatic rings. The average Bonchev–Trinajstić information content (AvgIpc) is 2.63. The van der Waals surface area contributed by atoms with Gasteiger partial charge in [0.15, 0.2) is 6.73 Å². The van der Waals surface area contributed by atoms with E-state index in [9.17, 15) is 35.9 Å². The van der Waals surface area contributed by atoms with Gasteiger partial charge < -0.3 is 14.7 Å². The molecule has 2 aromatic carbocycles. The Morgan fingerprint density at radius 1 is 0.967 bits per heavy atom. The van der Waals surface area contributed by atoms with Crippen molar-refractivity contribution in [3.63, 3.8) is 0 Å². The van der Waals surface area contributed by atoms with E-state index in [1.807, 2.05) is 0 Å². The predicted molar refractivity (Wildman–Crippen MR) is 93.4 cm³/mol. The molecule has 11 heteroatoms. The number of Topliss-reactive ketones (excluding diaryl/α,β-unsaturated/α-hetero) is 1. The molecule has 0 aliphatic carbocycles. The monoisotopic (exact) mass is 435 g/mol. The number of rotatable bonds is 7. The summed E-state index contributed by atoms with van der Waals surface area (Å²) in [6, 6.07) is 6.59. The molecule has 0 aromatic heterocycles. The zero-order chi connectivity index (χ0) is 22.7. The number of carbonyl (C=O) groups is 2. The maximum absolute atomic E-state index is 13.0. The van der Waals surface area contributed by atoms with E-state index < -0.39 is 41.9 Å². The highest BCUT2D eigenvalue weighted by atomic mass is 19.4. The minimum atomic E-state index is -5.26. The van der Waals surface area contributed by atoms with Crippen molar-refractivity contribution in [3.8, 4) is 5.75 Å². The van der Waals surface area contributed by atoms with Crippen molar-refractivity contribution in [1.29, 1.82) is 0 Å². The molecule has 2 rings (SSSR count). The van der Waals surface area contributed by atoms with E-state index in [0.717, 1.165) is 6.07 Å². The van der Waals surface area contributed by atoms with Gasteiger partial charge >= 0.3 is 18.3 Å². The molecule has 30 heavy (non-hydrogen) atoms. The van der Waals surface area contributed by atoms with Crippen LogP contribution in [0.3, 0.4) is 0 Å². The smallest absolute Gasteiger partial charge is 0.417 e. The van der Waals surface area contributed by atoms with Gasteiger partial charge in [-0.15, -0.1) is 0 Å². The summed E-state index contributed by atoms with van der Waals surface area (Å²) in [6.45, 7) is 0.453. The number of benzene rings is 2. The molecule has 0 unspecified atom stereocenters. The van der Waals surface area contributed by atoms with Crippen LogP contribution in [0.15, 0.2) is 42.5 Å². The van der Waals surface area contributed by atoms with Gasteiger partial charge in [-0.05, 0) is 43.3 Å². The Morgan fingerprint density at radius 2 is 1.60 bits per heavy atom. The van der Waals surface area contributed by atoms with Crippen LogP contribution in [-0.2, 0) is 17.1 Å². The van der Waals surface area contributed by atoms with Crippen molar-refractivity contribution >= 4 is 17.4 Å². The van der Waals surface area contributed by atoms with Crippen molar-refractivity contribution in [2.45, 2.75) is 19.3 Å². The van der Waals surface area contributed by atoms with Crippen molar-refractivity contribution < 1.29 is 45.8 Å². The first kappa shape index (κ1) is 23.0. The van der Waals surface area contributed by atoms with Crippen LogP contribution >= 0.6 is 0 Å². The fraction of sp³-hybridized carbons (Fsp3) is 0.263. The van der Waals surface area contributed by atoms with Crippen molar-refractivity contribution in [1.82, 2.24) is 0 Å². The highest BCUT2D eigenvalue weighted by Crippen LogP contribution is 2.41. The maximum Gasteiger partial charge on any atom is 0.417 e. The second-order valence-electron chi connectivity index (χ2n) is 6.23. The highest BCUT2D eigenvalue weighted by Gasteiger charge is 2.43. The summed E-state index contributed by atoms with van der Waals surface area (Å²) in [6.07, 6.45) is -10.5. The molecule has 1 N–H and O–H groups in total. The van der Waals surface area contributed by atoms with Gasteiger partial charge in [-0.2, -0.15) is 26.3 Å². The van der Waals surface area contributed by atoms with E-state index >= 15 is 0 Å². The largest absolute Gasteiger partial charge is 0.478 e. The lowest BCUT2D eigenvalue weighted by atomic mass is 10.1. The Kier molecular flexibility index (Phi) is 6.63. The zero-order valence-corrected chi connectivity index (χ0v) is 15.3. The molecular formula is C19H15F6NO4. The molecule has 0 heterocycles. The molecular weight excluding hydrogens is 420 g/mol. The number of hydrogen-bond donors (Lipinski definition) is 1. The van der Waals surface area contributed by atoms with Crippen LogP contribution in [-0.4, -0.2) is 30.1 Å². The van der Waals surface area contributed by atoms with Crippen LogP contribution < -0.4 is 9.64 Å². The standard InChI is InChI=1S/C19H15F6NO4/c1-11(27)9-26(13-4-2-3-12(7-13)17(28)29)10-30-14-5-6-15(18(20,21)22)16(8-14)19(23,24)25/h2-8H,9-10H2,1H3,(H,28,29). The van der Waals surface area contributed by atoms with E-state index in [1.54, 1.807) is 0 Å². The molecule has 162 valence electrons. The lowest BCUT2D eigenvalue weighted by molar-refractivity contribution is -0.162. The van der Waals surface area contributed by atoms with Gasteiger partial charge in [0.25, 0.3) is 0 Å². The number of carbonyl (C=O) groups excluding carboxylic acids is 1. The third-order valence-electron chi connectivity index (χ3n) is 3.86. The van der Waals surface area contributed by atoms with Gasteiger partial charge in [-0.3, -0.25) is 4.79 Å². The fourth-order valence-electron chi connectivity index (χ4n) is 2.56. The van der Waals surface area contributed by atoms with Gasteiger partial charge in [0.05, 0.1) is 23.2 Å². The first-order chi connectivity index (χ1) is 13.8. The van der Waals surface area contributed by atoms with Gasteiger partial charge in [0.2, 0.25) is 0 Å². The molecule has 0 saturated carbocycles. The van der Waals surface area contributed by atoms with Crippen LogP contribution in [0.5, 0.6) is 5.75 Å². The summed E-state index contributed by atoms with van der Waals surface area (Å²) in [5, 5.41) is 9.06. The van der Waals surface area contributed by atoms with E-state index in [1.165, 1.54) is 36.1 Å². The zero-order valence-electron chi connectivity index (χ0n) is 15.3. The molecule has 5 nitrogen and oxygen atoms in total. The summed E-state index contributed by atoms with van der Waals surface area (Å²) in [7, 11) is 0. The summed E-state index contributed by atoms with van der Waals surface area (Å²) in [4.78, 5) is 23.9. The summed E-state index contributed by atoms with van der Waals surface area (Å²) in [5.74, 6) is -2.10. The quantitative estimate of drug-likeness (QED) is 0.497. The summed E-state index contributed by atoms with van der Waals surface area (Å²) < 4.78 is 82.9. The Labute approximate surface area is 166 Å². The molecule has 0 radical (unpaired) electrons. The Hall–Kier alpha value is -3.24. The normalized spacial score (nSPS) is 11.8. The number of nitrogens with zero attached hydrogens (tertiary/aromatic N) is 1. The fourth-order valence-corrected chi connectivity index (χ4v) is 2.56. The molecule has 0 amide bonds. The minimum Gasteiger partial charge on any atom is -0.478 e. The molecule has 0 atom stereocenters. The van der Waals surface area contributed by atoms with Gasteiger partial charge in [-0.1, -0.05) is 6.07 Å². The molecule has 0 spiro atoms. The van der Waals surface area contributed by atoms with Gasteiger partial charge in [0, 0.05) is 5.69 Å². The number of ether oxygens (including phenoxy) is 1. The van der Waals surface area contributed by atoms with E-state index in [4.69, 9.17) is 9.84 Å². The Morgan fingerprint density at radius 3 is 2.13 bits per heavy atom. The third-order valence-corrected chi connectivity index (χ3v) is 3.86. The number of ketones is 1. The number of aromatic carboxylic acids is 1. The van der Waals surface area contributed by atoms with Crippen LogP contribution in [0.25, 0.3) is 0 Å². The van der Waals surface area contributed by atoms with Crippen LogP contribution in [0, 0.1) is 0 Å². The SMILES string of the molecule is CC(=O)CN(COc1ccc(C(F)(F)F)c(C(F)(F)F)c1)c1cccc(C(=O)O)c1. The molecule has 0 saturated heterocycles.